The number of fused-ring (bicyclic) bond motifs is 4. The Labute approximate surface area is 200 Å². The van der Waals surface area contributed by atoms with E-state index in [-0.39, 0.29) is 17.9 Å². The van der Waals surface area contributed by atoms with Crippen LogP contribution >= 0.6 is 11.6 Å². The number of carboxylic acid groups (broad SMARTS) is 1. The van der Waals surface area contributed by atoms with Gasteiger partial charge in [-0.3, -0.25) is 9.89 Å². The summed E-state index contributed by atoms with van der Waals surface area (Å²) in [5, 5.41) is 22.2. The third-order valence-corrected chi connectivity index (χ3v) is 7.53. The molecule has 2 atom stereocenters. The molecule has 7 rings (SSSR count). The van der Waals surface area contributed by atoms with Crippen molar-refractivity contribution in [1.82, 2.24) is 25.1 Å². The summed E-state index contributed by atoms with van der Waals surface area (Å²) in [6, 6.07) is 11.5. The molecule has 2 bridgehead atoms. The molecule has 0 aliphatic heterocycles. The van der Waals surface area contributed by atoms with E-state index in [0.717, 1.165) is 53.6 Å². The van der Waals surface area contributed by atoms with Gasteiger partial charge in [0.1, 0.15) is 17.8 Å². The Morgan fingerprint density at radius 1 is 1.03 bits per heavy atom. The van der Waals surface area contributed by atoms with Gasteiger partial charge in [-0.25, -0.2) is 15.0 Å². The van der Waals surface area contributed by atoms with Gasteiger partial charge in [-0.15, -0.1) is 0 Å². The van der Waals surface area contributed by atoms with Crippen LogP contribution in [0, 0.1) is 17.8 Å². The van der Waals surface area contributed by atoms with Crippen molar-refractivity contribution in [1.29, 1.82) is 0 Å². The summed E-state index contributed by atoms with van der Waals surface area (Å²) in [4.78, 5) is 25.3. The maximum atomic E-state index is 12.0. The monoisotopic (exact) mass is 474 g/mol. The van der Waals surface area contributed by atoms with Gasteiger partial charge in [0.15, 0.2) is 5.65 Å². The topological polar surface area (TPSA) is 117 Å². The average molecular weight is 475 g/mol. The van der Waals surface area contributed by atoms with Crippen molar-refractivity contribution < 1.29 is 9.90 Å². The van der Waals surface area contributed by atoms with Crippen molar-refractivity contribution in [3.63, 3.8) is 0 Å². The molecule has 3 aliphatic carbocycles. The van der Waals surface area contributed by atoms with Crippen LogP contribution in [0.3, 0.4) is 0 Å². The largest absolute Gasteiger partial charge is 0.481 e. The number of carboxylic acids is 1. The van der Waals surface area contributed by atoms with E-state index >= 15 is 0 Å². The van der Waals surface area contributed by atoms with Gasteiger partial charge in [-0.1, -0.05) is 35.9 Å². The smallest absolute Gasteiger partial charge is 0.308 e. The molecule has 3 N–H and O–H groups in total. The molecule has 3 heterocycles. The van der Waals surface area contributed by atoms with Crippen LogP contribution < -0.4 is 5.32 Å². The molecule has 2 unspecified atom stereocenters. The molecular weight excluding hydrogens is 452 g/mol. The lowest BCUT2D eigenvalue weighted by atomic mass is 9.61. The first kappa shape index (κ1) is 21.0. The second-order valence-corrected chi connectivity index (χ2v) is 9.60. The molecular formula is C25H23ClN6O2. The van der Waals surface area contributed by atoms with Crippen molar-refractivity contribution >= 4 is 34.4 Å². The van der Waals surface area contributed by atoms with Gasteiger partial charge in [-0.05, 0) is 43.6 Å². The zero-order chi connectivity index (χ0) is 23.2. The fourth-order valence-corrected chi connectivity index (χ4v) is 5.92. The Balaban J connectivity index is 1.37. The molecule has 0 amide bonds. The number of aliphatic carboxylic acids is 1. The number of halogens is 1. The summed E-state index contributed by atoms with van der Waals surface area (Å²) in [5.41, 5.74) is 3.91. The lowest BCUT2D eigenvalue weighted by Crippen LogP contribution is -2.51. The predicted molar refractivity (Wildman–Crippen MR) is 129 cm³/mol. The van der Waals surface area contributed by atoms with Crippen molar-refractivity contribution in [2.24, 2.45) is 17.8 Å². The number of anilines is 1. The van der Waals surface area contributed by atoms with E-state index in [2.05, 4.69) is 30.5 Å². The summed E-state index contributed by atoms with van der Waals surface area (Å²) < 4.78 is 0. The standard InChI is InChI=1S/C25H23ClN6O2/c26-15-9-18-23(31-32-24(18)27-11-15)17-4-2-1-3-16(17)19-10-20(29-12-28-19)30-22-14-7-5-13(6-8-14)21(22)25(33)34/h1-4,9-14,21-22H,5-8H2,(H,33,34)(H,27,31,32)(H,28,29,30). The quantitative estimate of drug-likeness (QED) is 0.371. The lowest BCUT2D eigenvalue weighted by Gasteiger charge is -2.47. The Bertz CT molecular complexity index is 1380. The number of benzene rings is 1. The zero-order valence-electron chi connectivity index (χ0n) is 18.3. The molecule has 0 spiro atoms. The SMILES string of the molecule is O=C(O)C1C2CCC(CC2)C1Nc1cc(-c2ccccc2-c2n[nH]c3ncc(Cl)cc23)ncn1. The summed E-state index contributed by atoms with van der Waals surface area (Å²) in [7, 11) is 0. The summed E-state index contributed by atoms with van der Waals surface area (Å²) in [5.74, 6) is 0.121. The fraction of sp³-hybridized carbons (Fsp3) is 0.320. The molecule has 1 aromatic carbocycles. The number of carbonyl (C=O) groups is 1. The molecule has 34 heavy (non-hydrogen) atoms. The highest BCUT2D eigenvalue weighted by Crippen LogP contribution is 2.46. The second-order valence-electron chi connectivity index (χ2n) is 9.16. The highest BCUT2D eigenvalue weighted by Gasteiger charge is 2.47. The molecule has 3 fully saturated rings. The third-order valence-electron chi connectivity index (χ3n) is 7.33. The van der Waals surface area contributed by atoms with Gasteiger partial charge >= 0.3 is 5.97 Å². The molecule has 172 valence electrons. The normalized spacial score (nSPS) is 23.8. The number of rotatable bonds is 5. The molecule has 9 heteroatoms. The maximum absolute atomic E-state index is 12.0. The number of nitrogens with one attached hydrogen (secondary N) is 2. The minimum absolute atomic E-state index is 0.119. The first-order valence-corrected chi connectivity index (χ1v) is 11.9. The third kappa shape index (κ3) is 3.58. The highest BCUT2D eigenvalue weighted by atomic mass is 35.5. The van der Waals surface area contributed by atoms with E-state index in [1.165, 1.54) is 6.33 Å². The number of aromatic amines is 1. The Kier molecular flexibility index (Phi) is 5.17. The lowest BCUT2D eigenvalue weighted by molar-refractivity contribution is -0.148. The van der Waals surface area contributed by atoms with E-state index in [0.29, 0.717) is 22.4 Å². The van der Waals surface area contributed by atoms with Gasteiger partial charge in [0.25, 0.3) is 0 Å². The maximum Gasteiger partial charge on any atom is 0.308 e. The molecule has 3 aromatic heterocycles. The van der Waals surface area contributed by atoms with Crippen LogP contribution in [-0.4, -0.2) is 42.3 Å². The van der Waals surface area contributed by atoms with Crippen LogP contribution in [0.15, 0.2) is 48.9 Å². The first-order chi connectivity index (χ1) is 16.6. The van der Waals surface area contributed by atoms with E-state index in [9.17, 15) is 9.90 Å². The Morgan fingerprint density at radius 2 is 1.79 bits per heavy atom. The van der Waals surface area contributed by atoms with Crippen LogP contribution in [0.4, 0.5) is 5.82 Å². The average Bonchev–Trinajstić information content (AvgIpc) is 3.27. The molecule has 0 saturated heterocycles. The Morgan fingerprint density at radius 3 is 2.59 bits per heavy atom. The highest BCUT2D eigenvalue weighted by molar-refractivity contribution is 6.31. The van der Waals surface area contributed by atoms with Gasteiger partial charge in [0.05, 0.1) is 16.6 Å². The number of H-pyrrole nitrogens is 1. The first-order valence-electron chi connectivity index (χ1n) is 11.5. The van der Waals surface area contributed by atoms with Gasteiger partial charge < -0.3 is 10.4 Å². The fourth-order valence-electron chi connectivity index (χ4n) is 5.76. The van der Waals surface area contributed by atoms with Crippen LogP contribution in [0.2, 0.25) is 5.02 Å². The van der Waals surface area contributed by atoms with Crippen molar-refractivity contribution in [3.05, 3.63) is 53.9 Å². The number of aromatic nitrogens is 5. The zero-order valence-corrected chi connectivity index (χ0v) is 19.0. The van der Waals surface area contributed by atoms with Crippen LogP contribution in [-0.2, 0) is 4.79 Å². The minimum Gasteiger partial charge on any atom is -0.481 e. The van der Waals surface area contributed by atoms with Crippen molar-refractivity contribution in [3.8, 4) is 22.5 Å². The van der Waals surface area contributed by atoms with Crippen LogP contribution in [0.5, 0.6) is 0 Å². The van der Waals surface area contributed by atoms with E-state index in [4.69, 9.17) is 11.6 Å². The van der Waals surface area contributed by atoms with E-state index < -0.39 is 5.97 Å². The number of pyridine rings is 1. The number of nitrogens with zero attached hydrogens (tertiary/aromatic N) is 4. The molecule has 0 radical (unpaired) electrons. The van der Waals surface area contributed by atoms with E-state index in [1.807, 2.05) is 36.4 Å². The minimum atomic E-state index is -0.718. The summed E-state index contributed by atoms with van der Waals surface area (Å²) in [6.07, 6.45) is 7.23. The van der Waals surface area contributed by atoms with Gasteiger partial charge in [0, 0.05) is 34.8 Å². The van der Waals surface area contributed by atoms with Gasteiger partial charge in [-0.2, -0.15) is 5.10 Å². The Hall–Kier alpha value is -3.52. The molecule has 3 aliphatic rings. The predicted octanol–water partition coefficient (Wildman–Crippen LogP) is 5.04. The van der Waals surface area contributed by atoms with Crippen molar-refractivity contribution in [2.75, 3.05) is 5.32 Å². The summed E-state index contributed by atoms with van der Waals surface area (Å²) >= 11 is 6.19. The molecule has 3 saturated carbocycles. The van der Waals surface area contributed by atoms with Crippen LogP contribution in [0.1, 0.15) is 25.7 Å². The van der Waals surface area contributed by atoms with Crippen molar-refractivity contribution in [2.45, 2.75) is 31.7 Å². The van der Waals surface area contributed by atoms with Gasteiger partial charge in [0.2, 0.25) is 0 Å². The van der Waals surface area contributed by atoms with E-state index in [1.54, 1.807) is 6.20 Å². The number of hydrogen-bond donors (Lipinski definition) is 3. The second kappa shape index (κ2) is 8.36. The molecule has 4 aromatic rings. The number of hydrogen-bond acceptors (Lipinski definition) is 6. The summed E-state index contributed by atoms with van der Waals surface area (Å²) in [6.45, 7) is 0. The van der Waals surface area contributed by atoms with Crippen LogP contribution in [0.25, 0.3) is 33.5 Å². The molecule has 8 nitrogen and oxygen atoms in total.